The van der Waals surface area contributed by atoms with Gasteiger partial charge in [0.15, 0.2) is 0 Å². The highest BCUT2D eigenvalue weighted by Crippen LogP contribution is 2.20. The van der Waals surface area contributed by atoms with E-state index in [1.807, 2.05) is 44.4 Å². The molecule has 0 aliphatic carbocycles. The number of hydrogen-bond acceptors (Lipinski definition) is 4. The average Bonchev–Trinajstić information content (AvgIpc) is 2.44. The van der Waals surface area contributed by atoms with Crippen molar-refractivity contribution in [1.29, 1.82) is 0 Å². The van der Waals surface area contributed by atoms with Crippen LogP contribution in [-0.2, 0) is 10.3 Å². The van der Waals surface area contributed by atoms with E-state index in [1.165, 1.54) is 0 Å². The molecule has 1 amide bonds. The molecule has 0 bridgehead atoms. The van der Waals surface area contributed by atoms with Gasteiger partial charge >= 0.3 is 0 Å². The highest BCUT2D eigenvalue weighted by atomic mass is 16.1. The van der Waals surface area contributed by atoms with Gasteiger partial charge in [0.25, 0.3) is 0 Å². The molecule has 4 N–H and O–H groups in total. The van der Waals surface area contributed by atoms with Crippen LogP contribution in [0.15, 0.2) is 30.3 Å². The average molecular weight is 292 g/mol. The van der Waals surface area contributed by atoms with E-state index in [4.69, 9.17) is 11.5 Å². The molecule has 2 unspecified atom stereocenters. The molecular formula is C16H28N4O. The van der Waals surface area contributed by atoms with Gasteiger partial charge < -0.3 is 16.4 Å². The fourth-order valence-electron chi connectivity index (χ4n) is 2.59. The number of primary amides is 1. The van der Waals surface area contributed by atoms with Crippen LogP contribution in [0.5, 0.6) is 0 Å². The quantitative estimate of drug-likeness (QED) is 0.735. The van der Waals surface area contributed by atoms with Crippen molar-refractivity contribution in [1.82, 2.24) is 9.80 Å². The molecule has 1 aromatic rings. The second-order valence-electron chi connectivity index (χ2n) is 5.88. The maximum absolute atomic E-state index is 12.0. The lowest BCUT2D eigenvalue weighted by Gasteiger charge is -2.37. The van der Waals surface area contributed by atoms with E-state index in [-0.39, 0.29) is 6.04 Å². The second kappa shape index (κ2) is 7.54. The molecule has 0 saturated heterocycles. The Kier molecular flexibility index (Phi) is 6.33. The van der Waals surface area contributed by atoms with E-state index in [0.29, 0.717) is 6.54 Å². The number of hydrogen-bond donors (Lipinski definition) is 2. The molecule has 0 aliphatic rings. The lowest BCUT2D eigenvalue weighted by atomic mass is 9.89. The van der Waals surface area contributed by atoms with Crippen molar-refractivity contribution in [2.24, 2.45) is 11.5 Å². The SMILES string of the molecule is CCN(CC(N)(C(N)=O)c1ccccc1)C(C)CN(C)C. The highest BCUT2D eigenvalue weighted by molar-refractivity contribution is 5.86. The summed E-state index contributed by atoms with van der Waals surface area (Å²) in [5.74, 6) is -0.496. The summed E-state index contributed by atoms with van der Waals surface area (Å²) in [6, 6.07) is 9.65. The first-order valence-corrected chi connectivity index (χ1v) is 7.34. The molecule has 1 rings (SSSR count). The first kappa shape index (κ1) is 17.6. The first-order chi connectivity index (χ1) is 9.81. The maximum Gasteiger partial charge on any atom is 0.243 e. The Balaban J connectivity index is 2.99. The fourth-order valence-corrected chi connectivity index (χ4v) is 2.59. The maximum atomic E-state index is 12.0. The van der Waals surface area contributed by atoms with Gasteiger partial charge in [0.1, 0.15) is 5.54 Å². The Hall–Kier alpha value is -1.43. The van der Waals surface area contributed by atoms with Gasteiger partial charge in [-0.15, -0.1) is 0 Å². The predicted octanol–water partition coefficient (Wildman–Crippen LogP) is 0.598. The van der Waals surface area contributed by atoms with Crippen molar-refractivity contribution >= 4 is 5.91 Å². The van der Waals surface area contributed by atoms with Crippen LogP contribution in [0.3, 0.4) is 0 Å². The third-order valence-electron chi connectivity index (χ3n) is 3.84. The van der Waals surface area contributed by atoms with Gasteiger partial charge in [-0.25, -0.2) is 0 Å². The highest BCUT2D eigenvalue weighted by Gasteiger charge is 2.36. The van der Waals surface area contributed by atoms with E-state index in [9.17, 15) is 4.79 Å². The summed E-state index contributed by atoms with van der Waals surface area (Å²) in [5, 5.41) is 0. The molecular weight excluding hydrogens is 264 g/mol. The van der Waals surface area contributed by atoms with Crippen LogP contribution in [0.2, 0.25) is 0 Å². The van der Waals surface area contributed by atoms with Gasteiger partial charge in [-0.05, 0) is 33.1 Å². The monoisotopic (exact) mass is 292 g/mol. The van der Waals surface area contributed by atoms with E-state index >= 15 is 0 Å². The molecule has 118 valence electrons. The largest absolute Gasteiger partial charge is 0.368 e. The van der Waals surface area contributed by atoms with Crippen LogP contribution in [0.4, 0.5) is 0 Å². The van der Waals surface area contributed by atoms with E-state index in [1.54, 1.807) is 0 Å². The summed E-state index contributed by atoms with van der Waals surface area (Å²) >= 11 is 0. The van der Waals surface area contributed by atoms with Crippen LogP contribution in [0, 0.1) is 0 Å². The Morgan fingerprint density at radius 3 is 2.29 bits per heavy atom. The molecule has 0 aliphatic heterocycles. The molecule has 21 heavy (non-hydrogen) atoms. The topological polar surface area (TPSA) is 75.6 Å². The second-order valence-corrected chi connectivity index (χ2v) is 5.88. The zero-order valence-corrected chi connectivity index (χ0v) is 13.5. The fraction of sp³-hybridized carbons (Fsp3) is 0.562. The van der Waals surface area contributed by atoms with Crippen molar-refractivity contribution in [3.63, 3.8) is 0 Å². The van der Waals surface area contributed by atoms with Gasteiger partial charge in [-0.2, -0.15) is 0 Å². The van der Waals surface area contributed by atoms with E-state index in [2.05, 4.69) is 23.6 Å². The number of nitrogens with zero attached hydrogens (tertiary/aromatic N) is 2. The summed E-state index contributed by atoms with van der Waals surface area (Å²) in [7, 11) is 4.07. The number of amides is 1. The number of rotatable bonds is 8. The molecule has 0 spiro atoms. The van der Waals surface area contributed by atoms with Gasteiger partial charge in [-0.1, -0.05) is 37.3 Å². The lowest BCUT2D eigenvalue weighted by Crippen LogP contribution is -2.58. The van der Waals surface area contributed by atoms with Crippen molar-refractivity contribution in [2.75, 3.05) is 33.7 Å². The Labute approximate surface area is 127 Å². The third-order valence-corrected chi connectivity index (χ3v) is 3.84. The number of benzene rings is 1. The molecule has 1 aromatic carbocycles. The minimum atomic E-state index is -1.17. The van der Waals surface area contributed by atoms with Crippen LogP contribution in [0.25, 0.3) is 0 Å². The predicted molar refractivity (Wildman–Crippen MR) is 86.8 cm³/mol. The number of nitrogens with two attached hydrogens (primary N) is 2. The molecule has 0 radical (unpaired) electrons. The Morgan fingerprint density at radius 1 is 1.29 bits per heavy atom. The number of carbonyl (C=O) groups is 1. The van der Waals surface area contributed by atoms with Crippen molar-refractivity contribution in [2.45, 2.75) is 25.4 Å². The summed E-state index contributed by atoms with van der Waals surface area (Å²) < 4.78 is 0. The standard InChI is InChI=1S/C16H28N4O/c1-5-20(13(2)11-19(3)4)12-16(18,15(17)21)14-9-7-6-8-10-14/h6-10,13H,5,11-12,18H2,1-4H3,(H2,17,21). The van der Waals surface area contributed by atoms with Crippen molar-refractivity contribution in [3.05, 3.63) is 35.9 Å². The normalized spacial score (nSPS) is 16.0. The number of likely N-dealkylation sites (N-methyl/N-ethyl adjacent to an activating group) is 2. The first-order valence-electron chi connectivity index (χ1n) is 7.34. The van der Waals surface area contributed by atoms with Crippen LogP contribution >= 0.6 is 0 Å². The lowest BCUT2D eigenvalue weighted by molar-refractivity contribution is -0.124. The Morgan fingerprint density at radius 2 is 1.86 bits per heavy atom. The minimum Gasteiger partial charge on any atom is -0.368 e. The van der Waals surface area contributed by atoms with Crippen molar-refractivity contribution in [3.8, 4) is 0 Å². The molecule has 2 atom stereocenters. The minimum absolute atomic E-state index is 0.288. The van der Waals surface area contributed by atoms with Crippen LogP contribution < -0.4 is 11.5 Å². The molecule has 0 saturated carbocycles. The van der Waals surface area contributed by atoms with Gasteiger partial charge in [0.05, 0.1) is 0 Å². The summed E-state index contributed by atoms with van der Waals surface area (Å²) in [5.41, 5.74) is 11.6. The van der Waals surface area contributed by atoms with Gasteiger partial charge in [-0.3, -0.25) is 9.69 Å². The third kappa shape index (κ3) is 4.52. The van der Waals surface area contributed by atoms with Crippen LogP contribution in [-0.4, -0.2) is 55.5 Å². The molecule has 0 heterocycles. The molecule has 5 heteroatoms. The Bertz CT molecular complexity index is 449. The summed E-state index contributed by atoms with van der Waals surface area (Å²) in [6.07, 6.45) is 0. The van der Waals surface area contributed by atoms with Gasteiger partial charge in [0.2, 0.25) is 5.91 Å². The van der Waals surface area contributed by atoms with Gasteiger partial charge in [0, 0.05) is 19.1 Å². The summed E-state index contributed by atoms with van der Waals surface area (Å²) in [6.45, 7) is 6.33. The van der Waals surface area contributed by atoms with E-state index < -0.39 is 11.4 Å². The zero-order chi connectivity index (χ0) is 16.0. The van der Waals surface area contributed by atoms with Crippen molar-refractivity contribution < 1.29 is 4.79 Å². The van der Waals surface area contributed by atoms with E-state index in [0.717, 1.165) is 18.7 Å². The molecule has 5 nitrogen and oxygen atoms in total. The summed E-state index contributed by atoms with van der Waals surface area (Å²) in [4.78, 5) is 16.3. The number of carbonyl (C=O) groups excluding carboxylic acids is 1. The molecule has 0 fully saturated rings. The van der Waals surface area contributed by atoms with Crippen LogP contribution in [0.1, 0.15) is 19.4 Å². The smallest absolute Gasteiger partial charge is 0.243 e. The zero-order valence-electron chi connectivity index (χ0n) is 13.5. The molecule has 0 aromatic heterocycles.